The van der Waals surface area contributed by atoms with Crippen LogP contribution in [0.3, 0.4) is 0 Å². The molecule has 0 saturated carbocycles. The number of aliphatic hydroxyl groups is 1. The summed E-state index contributed by atoms with van der Waals surface area (Å²) in [5.74, 6) is 0. The van der Waals surface area contributed by atoms with Crippen molar-refractivity contribution in [2.24, 2.45) is 0 Å². The van der Waals surface area contributed by atoms with Crippen LogP contribution in [0.2, 0.25) is 0 Å². The largest absolute Gasteiger partial charge is 0.382 e. The van der Waals surface area contributed by atoms with Crippen molar-refractivity contribution in [2.75, 3.05) is 26.4 Å². The minimum Gasteiger partial charge on any atom is -0.382 e. The van der Waals surface area contributed by atoms with Gasteiger partial charge in [0, 0.05) is 26.4 Å². The zero-order valence-electron chi connectivity index (χ0n) is 10.6. The van der Waals surface area contributed by atoms with E-state index >= 15 is 0 Å². The van der Waals surface area contributed by atoms with Crippen LogP contribution in [0.5, 0.6) is 0 Å². The summed E-state index contributed by atoms with van der Waals surface area (Å²) in [7, 11) is 0. The van der Waals surface area contributed by atoms with Crippen molar-refractivity contribution in [3.63, 3.8) is 0 Å². The fourth-order valence-corrected chi connectivity index (χ4v) is 1.28. The SMILES string of the molecule is CCOC(OCC)C(O)C(OCC)OCC. The van der Waals surface area contributed by atoms with E-state index in [9.17, 15) is 5.11 Å². The van der Waals surface area contributed by atoms with Crippen LogP contribution in [0.1, 0.15) is 27.7 Å². The lowest BCUT2D eigenvalue weighted by Crippen LogP contribution is -2.43. The Balaban J connectivity index is 4.31. The van der Waals surface area contributed by atoms with Gasteiger partial charge in [0.2, 0.25) is 0 Å². The van der Waals surface area contributed by atoms with Crippen molar-refractivity contribution in [1.82, 2.24) is 0 Å². The summed E-state index contributed by atoms with van der Waals surface area (Å²) >= 11 is 0. The summed E-state index contributed by atoms with van der Waals surface area (Å²) in [4.78, 5) is 0. The van der Waals surface area contributed by atoms with E-state index in [1.54, 1.807) is 0 Å². The van der Waals surface area contributed by atoms with Gasteiger partial charge >= 0.3 is 0 Å². The number of aliphatic hydroxyl groups excluding tert-OH is 1. The van der Waals surface area contributed by atoms with E-state index in [4.69, 9.17) is 18.9 Å². The lowest BCUT2D eigenvalue weighted by molar-refractivity contribution is -0.269. The molecule has 0 amide bonds. The molecule has 0 atom stereocenters. The molecule has 0 saturated heterocycles. The zero-order chi connectivity index (χ0) is 12.4. The van der Waals surface area contributed by atoms with Crippen LogP contribution in [0.15, 0.2) is 0 Å². The highest BCUT2D eigenvalue weighted by Gasteiger charge is 2.29. The molecule has 0 radical (unpaired) electrons. The van der Waals surface area contributed by atoms with Gasteiger partial charge in [0.15, 0.2) is 18.7 Å². The molecule has 16 heavy (non-hydrogen) atoms. The van der Waals surface area contributed by atoms with Gasteiger partial charge in [0.05, 0.1) is 0 Å². The number of rotatable bonds is 10. The monoisotopic (exact) mass is 236 g/mol. The van der Waals surface area contributed by atoms with Gasteiger partial charge in [-0.2, -0.15) is 0 Å². The molecule has 1 N–H and O–H groups in total. The summed E-state index contributed by atoms with van der Waals surface area (Å²) in [5.41, 5.74) is 0. The van der Waals surface area contributed by atoms with Crippen molar-refractivity contribution >= 4 is 0 Å². The van der Waals surface area contributed by atoms with Crippen molar-refractivity contribution in [3.05, 3.63) is 0 Å². The Kier molecular flexibility index (Phi) is 9.86. The third-order valence-corrected chi connectivity index (χ3v) is 1.88. The molecule has 0 aliphatic rings. The van der Waals surface area contributed by atoms with E-state index in [1.165, 1.54) is 0 Å². The maximum Gasteiger partial charge on any atom is 0.188 e. The molecule has 0 bridgehead atoms. The minimum atomic E-state index is -0.945. The van der Waals surface area contributed by atoms with Gasteiger partial charge in [-0.3, -0.25) is 0 Å². The third kappa shape index (κ3) is 5.77. The summed E-state index contributed by atoms with van der Waals surface area (Å²) < 4.78 is 21.1. The van der Waals surface area contributed by atoms with Crippen molar-refractivity contribution < 1.29 is 24.1 Å². The molecule has 98 valence electrons. The van der Waals surface area contributed by atoms with E-state index in [0.29, 0.717) is 26.4 Å². The van der Waals surface area contributed by atoms with Gasteiger partial charge in [-0.15, -0.1) is 0 Å². The van der Waals surface area contributed by atoms with Crippen LogP contribution < -0.4 is 0 Å². The summed E-state index contributed by atoms with van der Waals surface area (Å²) in [5, 5.41) is 9.99. The topological polar surface area (TPSA) is 57.2 Å². The van der Waals surface area contributed by atoms with Crippen molar-refractivity contribution in [3.8, 4) is 0 Å². The molecule has 0 aromatic rings. The zero-order valence-corrected chi connectivity index (χ0v) is 10.6. The maximum absolute atomic E-state index is 9.99. The van der Waals surface area contributed by atoms with E-state index in [2.05, 4.69) is 0 Å². The Hall–Kier alpha value is -0.200. The second kappa shape index (κ2) is 9.99. The molecule has 5 heteroatoms. The second-order valence-corrected chi connectivity index (χ2v) is 3.05. The first kappa shape index (κ1) is 15.8. The lowest BCUT2D eigenvalue weighted by atomic mass is 10.3. The van der Waals surface area contributed by atoms with Gasteiger partial charge in [0.25, 0.3) is 0 Å². The van der Waals surface area contributed by atoms with Gasteiger partial charge in [-0.25, -0.2) is 0 Å². The molecule has 5 nitrogen and oxygen atoms in total. The molecule has 0 heterocycles. The predicted octanol–water partition coefficient (Wildman–Crippen LogP) is 1.15. The lowest BCUT2D eigenvalue weighted by Gasteiger charge is -2.28. The fraction of sp³-hybridized carbons (Fsp3) is 1.00. The number of hydrogen-bond acceptors (Lipinski definition) is 5. The number of ether oxygens (including phenoxy) is 4. The smallest absolute Gasteiger partial charge is 0.188 e. The van der Waals surface area contributed by atoms with E-state index < -0.39 is 18.7 Å². The Morgan fingerprint density at radius 3 is 1.12 bits per heavy atom. The van der Waals surface area contributed by atoms with Crippen LogP contribution in [-0.2, 0) is 18.9 Å². The first-order valence-electron chi connectivity index (χ1n) is 5.85. The van der Waals surface area contributed by atoms with Crippen LogP contribution >= 0.6 is 0 Å². The maximum atomic E-state index is 9.99. The predicted molar refractivity (Wildman–Crippen MR) is 60.1 cm³/mol. The summed E-state index contributed by atoms with van der Waals surface area (Å²) in [6.07, 6.45) is -2.36. The van der Waals surface area contributed by atoms with Crippen molar-refractivity contribution in [2.45, 2.75) is 46.4 Å². The molecule has 0 aromatic heterocycles. The van der Waals surface area contributed by atoms with Crippen LogP contribution in [0.4, 0.5) is 0 Å². The Morgan fingerprint density at radius 1 is 0.688 bits per heavy atom. The molecule has 0 unspecified atom stereocenters. The van der Waals surface area contributed by atoms with E-state index in [1.807, 2.05) is 27.7 Å². The summed E-state index contributed by atoms with van der Waals surface area (Å²) in [6.45, 7) is 9.23. The second-order valence-electron chi connectivity index (χ2n) is 3.05. The molecule has 0 rings (SSSR count). The van der Waals surface area contributed by atoms with E-state index in [0.717, 1.165) is 0 Å². The fourth-order valence-electron chi connectivity index (χ4n) is 1.28. The highest BCUT2D eigenvalue weighted by atomic mass is 16.7. The van der Waals surface area contributed by atoms with Crippen LogP contribution in [-0.4, -0.2) is 50.2 Å². The van der Waals surface area contributed by atoms with Crippen LogP contribution in [0, 0.1) is 0 Å². The van der Waals surface area contributed by atoms with Gasteiger partial charge < -0.3 is 24.1 Å². The first-order valence-corrected chi connectivity index (χ1v) is 5.85. The average molecular weight is 236 g/mol. The Labute approximate surface area is 97.6 Å². The standard InChI is InChI=1S/C11H24O5/c1-5-13-10(14-6-2)9(12)11(15-7-3)16-8-4/h9-12H,5-8H2,1-4H3. The van der Waals surface area contributed by atoms with E-state index in [-0.39, 0.29) is 0 Å². The highest BCUT2D eigenvalue weighted by molar-refractivity contribution is 4.65. The highest BCUT2D eigenvalue weighted by Crippen LogP contribution is 2.11. The first-order chi connectivity index (χ1) is 7.71. The van der Waals surface area contributed by atoms with Crippen molar-refractivity contribution in [1.29, 1.82) is 0 Å². The van der Waals surface area contributed by atoms with Crippen LogP contribution in [0.25, 0.3) is 0 Å². The van der Waals surface area contributed by atoms with Gasteiger partial charge in [-0.1, -0.05) is 0 Å². The summed E-state index contributed by atoms with van der Waals surface area (Å²) in [6, 6.07) is 0. The minimum absolute atomic E-state index is 0.465. The Morgan fingerprint density at radius 2 is 0.938 bits per heavy atom. The molecule has 0 aliphatic carbocycles. The third-order valence-electron chi connectivity index (χ3n) is 1.88. The normalized spacial score (nSPS) is 12.0. The quantitative estimate of drug-likeness (QED) is 0.576. The Bertz CT molecular complexity index is 125. The number of hydrogen-bond donors (Lipinski definition) is 1. The molecule has 0 aliphatic heterocycles. The molecule has 0 aromatic carbocycles. The molecular weight excluding hydrogens is 212 g/mol. The molecule has 0 spiro atoms. The van der Waals surface area contributed by atoms with Gasteiger partial charge in [0.1, 0.15) is 0 Å². The average Bonchev–Trinajstić information content (AvgIpc) is 2.27. The molecular formula is C11H24O5. The molecule has 0 fully saturated rings. The van der Waals surface area contributed by atoms with Gasteiger partial charge in [-0.05, 0) is 27.7 Å².